The number of carbonyl (C=O) groups is 2. The Hall–Kier alpha value is -2.84. The smallest absolute Gasteiger partial charge is 0.339 e. The van der Waals surface area contributed by atoms with E-state index in [1.165, 1.54) is 24.0 Å². The molecule has 2 aromatic rings. The van der Waals surface area contributed by atoms with E-state index >= 15 is 0 Å². The highest BCUT2D eigenvalue weighted by Gasteiger charge is 2.41. The maximum absolute atomic E-state index is 13.7. The fourth-order valence-electron chi connectivity index (χ4n) is 3.05. The Balaban J connectivity index is 1.93. The summed E-state index contributed by atoms with van der Waals surface area (Å²) in [5.74, 6) is -0.853. The van der Waals surface area contributed by atoms with Crippen LogP contribution in [-0.4, -0.2) is 57.6 Å². The normalized spacial score (nSPS) is 15.1. The van der Waals surface area contributed by atoms with Gasteiger partial charge in [-0.15, -0.1) is 0 Å². The fraction of sp³-hybridized carbons (Fsp3) is 0.389. The molecule has 0 N–H and O–H groups in total. The number of piperazine rings is 1. The summed E-state index contributed by atoms with van der Waals surface area (Å²) in [5, 5.41) is 3.83. The first-order valence-electron chi connectivity index (χ1n) is 8.45. The lowest BCUT2D eigenvalue weighted by Gasteiger charge is -2.34. The van der Waals surface area contributed by atoms with Crippen molar-refractivity contribution in [3.05, 3.63) is 47.3 Å². The highest BCUT2D eigenvalue weighted by molar-refractivity contribution is 5.95. The minimum atomic E-state index is -4.74. The van der Waals surface area contributed by atoms with Crippen LogP contribution in [0.1, 0.15) is 28.5 Å². The van der Waals surface area contributed by atoms with Crippen LogP contribution in [0.4, 0.5) is 13.2 Å². The van der Waals surface area contributed by atoms with Crippen molar-refractivity contribution in [1.29, 1.82) is 0 Å². The summed E-state index contributed by atoms with van der Waals surface area (Å²) in [7, 11) is 0. The number of rotatable bonds is 2. The van der Waals surface area contributed by atoms with Gasteiger partial charge >= 0.3 is 6.18 Å². The fourth-order valence-corrected chi connectivity index (χ4v) is 3.05. The monoisotopic (exact) mass is 380 g/mol. The lowest BCUT2D eigenvalue weighted by atomic mass is 10.1. The Kier molecular flexibility index (Phi) is 4.95. The third kappa shape index (κ3) is 3.81. The summed E-state index contributed by atoms with van der Waals surface area (Å²) in [4.78, 5) is 27.0. The number of aryl methyl sites for hydroxylation is 1. The van der Waals surface area contributed by atoms with Gasteiger partial charge in [-0.25, -0.2) is 4.68 Å². The van der Waals surface area contributed by atoms with Gasteiger partial charge in [0.15, 0.2) is 5.69 Å². The average molecular weight is 380 g/mol. The van der Waals surface area contributed by atoms with Gasteiger partial charge in [-0.05, 0) is 19.1 Å². The maximum atomic E-state index is 13.7. The van der Waals surface area contributed by atoms with Gasteiger partial charge in [-0.1, -0.05) is 17.7 Å². The van der Waals surface area contributed by atoms with E-state index in [9.17, 15) is 22.8 Å². The molecule has 144 valence electrons. The third-order valence-corrected chi connectivity index (χ3v) is 4.56. The van der Waals surface area contributed by atoms with E-state index in [1.54, 1.807) is 17.0 Å². The Bertz CT molecular complexity index is 850. The molecule has 0 aliphatic carbocycles. The van der Waals surface area contributed by atoms with Crippen LogP contribution in [0.25, 0.3) is 5.69 Å². The SMILES string of the molecule is CC(=O)N1CCN(C(=O)c2cnn(-c3ccc(C)cc3)c2C(F)(F)F)CC1. The van der Waals surface area contributed by atoms with E-state index in [-0.39, 0.29) is 24.7 Å². The molecule has 0 radical (unpaired) electrons. The molecule has 0 bridgehead atoms. The molecule has 1 aliphatic heterocycles. The van der Waals surface area contributed by atoms with Crippen LogP contribution in [0.5, 0.6) is 0 Å². The molecule has 6 nitrogen and oxygen atoms in total. The zero-order valence-corrected chi connectivity index (χ0v) is 15.0. The molecule has 2 heterocycles. The number of hydrogen-bond donors (Lipinski definition) is 0. The Morgan fingerprint density at radius 3 is 2.07 bits per heavy atom. The molecule has 0 atom stereocenters. The average Bonchev–Trinajstić information content (AvgIpc) is 3.07. The van der Waals surface area contributed by atoms with Crippen molar-refractivity contribution in [3.8, 4) is 5.69 Å². The number of hydrogen-bond acceptors (Lipinski definition) is 3. The van der Waals surface area contributed by atoms with Gasteiger partial charge in [0.1, 0.15) is 0 Å². The van der Waals surface area contributed by atoms with Crippen LogP contribution < -0.4 is 0 Å². The standard InChI is InChI=1S/C18H19F3N4O2/c1-12-3-5-14(6-4-12)25-16(18(19,20)21)15(11-22-25)17(27)24-9-7-23(8-10-24)13(2)26/h3-6,11H,7-10H2,1-2H3. The summed E-state index contributed by atoms with van der Waals surface area (Å²) >= 11 is 0. The Labute approximate surface area is 154 Å². The lowest BCUT2D eigenvalue weighted by molar-refractivity contribution is -0.143. The molecule has 1 aromatic carbocycles. The van der Waals surface area contributed by atoms with Crippen LogP contribution in [0.2, 0.25) is 0 Å². The van der Waals surface area contributed by atoms with E-state index in [2.05, 4.69) is 5.10 Å². The first-order valence-corrected chi connectivity index (χ1v) is 8.45. The second kappa shape index (κ2) is 7.05. The molecule has 1 aliphatic rings. The zero-order chi connectivity index (χ0) is 19.8. The molecule has 1 saturated heterocycles. The highest BCUT2D eigenvalue weighted by Crippen LogP contribution is 2.34. The van der Waals surface area contributed by atoms with Gasteiger partial charge < -0.3 is 9.80 Å². The second-order valence-corrected chi connectivity index (χ2v) is 6.45. The van der Waals surface area contributed by atoms with Crippen molar-refractivity contribution in [2.45, 2.75) is 20.0 Å². The summed E-state index contributed by atoms with van der Waals surface area (Å²) in [5.41, 5.74) is -0.447. The summed E-state index contributed by atoms with van der Waals surface area (Å²) in [6.45, 7) is 4.22. The van der Waals surface area contributed by atoms with E-state index in [0.717, 1.165) is 16.4 Å². The van der Waals surface area contributed by atoms with Crippen LogP contribution in [-0.2, 0) is 11.0 Å². The summed E-state index contributed by atoms with van der Waals surface area (Å²) in [6, 6.07) is 6.41. The number of carbonyl (C=O) groups excluding carboxylic acids is 2. The maximum Gasteiger partial charge on any atom is 0.434 e. The summed E-state index contributed by atoms with van der Waals surface area (Å²) in [6.07, 6.45) is -3.78. The number of halogens is 3. The highest BCUT2D eigenvalue weighted by atomic mass is 19.4. The van der Waals surface area contributed by atoms with E-state index < -0.39 is 23.3 Å². The molecule has 9 heteroatoms. The molecular weight excluding hydrogens is 361 g/mol. The largest absolute Gasteiger partial charge is 0.434 e. The quantitative estimate of drug-likeness (QED) is 0.805. The predicted molar refractivity (Wildman–Crippen MR) is 91.5 cm³/mol. The van der Waals surface area contributed by atoms with E-state index in [4.69, 9.17) is 0 Å². The van der Waals surface area contributed by atoms with Crippen molar-refractivity contribution in [2.75, 3.05) is 26.2 Å². The molecule has 0 spiro atoms. The van der Waals surface area contributed by atoms with Crippen LogP contribution in [0.3, 0.4) is 0 Å². The second-order valence-electron chi connectivity index (χ2n) is 6.45. The van der Waals surface area contributed by atoms with Gasteiger partial charge in [0, 0.05) is 33.1 Å². The number of aromatic nitrogens is 2. The van der Waals surface area contributed by atoms with Crippen molar-refractivity contribution in [3.63, 3.8) is 0 Å². The molecule has 1 aromatic heterocycles. The van der Waals surface area contributed by atoms with Gasteiger partial charge in [-0.3, -0.25) is 9.59 Å². The third-order valence-electron chi connectivity index (χ3n) is 4.56. The minimum absolute atomic E-state index is 0.120. The molecule has 0 unspecified atom stereocenters. The van der Waals surface area contributed by atoms with Crippen molar-refractivity contribution < 1.29 is 22.8 Å². The number of nitrogens with zero attached hydrogens (tertiary/aromatic N) is 4. The molecule has 1 fully saturated rings. The van der Waals surface area contributed by atoms with Crippen LogP contribution in [0.15, 0.2) is 30.5 Å². The lowest BCUT2D eigenvalue weighted by Crippen LogP contribution is -2.50. The predicted octanol–water partition coefficient (Wildman–Crippen LogP) is 2.50. The minimum Gasteiger partial charge on any atom is -0.339 e. The topological polar surface area (TPSA) is 58.4 Å². The number of amides is 2. The number of alkyl halides is 3. The van der Waals surface area contributed by atoms with Gasteiger partial charge in [0.2, 0.25) is 5.91 Å². The van der Waals surface area contributed by atoms with Gasteiger partial charge in [-0.2, -0.15) is 18.3 Å². The van der Waals surface area contributed by atoms with Gasteiger partial charge in [0.25, 0.3) is 5.91 Å². The van der Waals surface area contributed by atoms with E-state index in [1.807, 2.05) is 6.92 Å². The number of benzene rings is 1. The Morgan fingerprint density at radius 1 is 1.00 bits per heavy atom. The summed E-state index contributed by atoms with van der Waals surface area (Å²) < 4.78 is 41.9. The first-order chi connectivity index (χ1) is 12.7. The molecule has 2 amide bonds. The molecule has 0 saturated carbocycles. The van der Waals surface area contributed by atoms with Crippen molar-refractivity contribution >= 4 is 11.8 Å². The molecule has 27 heavy (non-hydrogen) atoms. The van der Waals surface area contributed by atoms with E-state index in [0.29, 0.717) is 13.1 Å². The molecular formula is C18H19F3N4O2. The molecule has 3 rings (SSSR count). The zero-order valence-electron chi connectivity index (χ0n) is 15.0. The van der Waals surface area contributed by atoms with Crippen LogP contribution in [0, 0.1) is 6.92 Å². The van der Waals surface area contributed by atoms with Crippen LogP contribution >= 0.6 is 0 Å². The first kappa shape index (κ1) is 18.9. The Morgan fingerprint density at radius 2 is 1.56 bits per heavy atom. The van der Waals surface area contributed by atoms with Crippen molar-refractivity contribution in [2.24, 2.45) is 0 Å². The van der Waals surface area contributed by atoms with Crippen molar-refractivity contribution in [1.82, 2.24) is 19.6 Å². The van der Waals surface area contributed by atoms with Gasteiger partial charge in [0.05, 0.1) is 17.4 Å².